The van der Waals surface area contributed by atoms with E-state index in [0.29, 0.717) is 0 Å². The van der Waals surface area contributed by atoms with E-state index >= 15 is 0 Å². The molecule has 1 saturated heterocycles. The van der Waals surface area contributed by atoms with Gasteiger partial charge in [-0.3, -0.25) is 0 Å². The Labute approximate surface area is 153 Å². The lowest BCUT2D eigenvalue weighted by Gasteiger charge is -2.35. The summed E-state index contributed by atoms with van der Waals surface area (Å²) < 4.78 is 0. The normalized spacial score (nSPS) is 15.9. The molecule has 0 saturated carbocycles. The summed E-state index contributed by atoms with van der Waals surface area (Å²) in [7, 11) is 0. The fourth-order valence-corrected chi connectivity index (χ4v) is 4.52. The fourth-order valence-electron chi connectivity index (χ4n) is 3.62. The van der Waals surface area contributed by atoms with Gasteiger partial charge in [-0.05, 0) is 37.1 Å². The molecule has 4 nitrogen and oxygen atoms in total. The third-order valence-corrected chi connectivity index (χ3v) is 6.25. The first kappa shape index (κ1) is 16.5. The maximum atomic E-state index is 4.69. The highest BCUT2D eigenvalue weighted by Crippen LogP contribution is 2.39. The van der Waals surface area contributed by atoms with E-state index in [1.54, 1.807) is 17.7 Å². The van der Waals surface area contributed by atoms with Gasteiger partial charge in [0.15, 0.2) is 0 Å². The van der Waals surface area contributed by atoms with Gasteiger partial charge >= 0.3 is 0 Å². The number of nitrogens with zero attached hydrogens (tertiary/aromatic N) is 4. The number of thiophene rings is 1. The maximum Gasteiger partial charge on any atom is 0.141 e. The summed E-state index contributed by atoms with van der Waals surface area (Å²) >= 11 is 1.72. The first-order valence-electron chi connectivity index (χ1n) is 8.95. The second kappa shape index (κ2) is 6.73. The minimum Gasteiger partial charge on any atom is -0.353 e. The number of fused-ring (bicyclic) bond motifs is 1. The highest BCUT2D eigenvalue weighted by Gasteiger charge is 2.22. The lowest BCUT2D eigenvalue weighted by Crippen LogP contribution is -2.46. The molecule has 0 atom stereocenters. The topological polar surface area (TPSA) is 32.3 Å². The summed E-state index contributed by atoms with van der Waals surface area (Å²) in [5.74, 6) is 1.10. The van der Waals surface area contributed by atoms with Crippen LogP contribution in [0.15, 0.2) is 29.9 Å². The highest BCUT2D eigenvalue weighted by atomic mass is 32.1. The van der Waals surface area contributed by atoms with E-state index in [-0.39, 0.29) is 0 Å². The van der Waals surface area contributed by atoms with E-state index in [4.69, 9.17) is 4.98 Å². The molecule has 0 spiro atoms. The lowest BCUT2D eigenvalue weighted by molar-refractivity contribution is 0.271. The van der Waals surface area contributed by atoms with Gasteiger partial charge in [0.1, 0.15) is 17.0 Å². The minimum absolute atomic E-state index is 1.03. The molecule has 4 rings (SSSR count). The van der Waals surface area contributed by atoms with Crippen LogP contribution >= 0.6 is 11.3 Å². The number of hydrogen-bond donors (Lipinski definition) is 0. The van der Waals surface area contributed by atoms with Gasteiger partial charge in [0.2, 0.25) is 0 Å². The minimum atomic E-state index is 1.03. The van der Waals surface area contributed by atoms with Crippen molar-refractivity contribution in [3.8, 4) is 11.1 Å². The smallest absolute Gasteiger partial charge is 0.141 e. The predicted octanol–water partition coefficient (Wildman–Crippen LogP) is 4.12. The molecule has 0 aliphatic carbocycles. The van der Waals surface area contributed by atoms with Gasteiger partial charge in [-0.1, -0.05) is 25.1 Å². The van der Waals surface area contributed by atoms with Crippen molar-refractivity contribution in [3.63, 3.8) is 0 Å². The van der Waals surface area contributed by atoms with E-state index < -0.39 is 0 Å². The summed E-state index contributed by atoms with van der Waals surface area (Å²) in [6.07, 6.45) is 1.72. The molecule has 1 aromatic carbocycles. The van der Waals surface area contributed by atoms with Crippen molar-refractivity contribution < 1.29 is 0 Å². The van der Waals surface area contributed by atoms with Gasteiger partial charge in [0, 0.05) is 37.1 Å². The summed E-state index contributed by atoms with van der Waals surface area (Å²) in [5.41, 5.74) is 5.24. The Morgan fingerprint density at radius 3 is 2.60 bits per heavy atom. The molecule has 2 aromatic heterocycles. The Balaban J connectivity index is 1.81. The monoisotopic (exact) mass is 352 g/mol. The molecule has 3 heterocycles. The molecule has 130 valence electrons. The van der Waals surface area contributed by atoms with Crippen molar-refractivity contribution in [3.05, 3.63) is 41.0 Å². The van der Waals surface area contributed by atoms with Crippen LogP contribution in [0.2, 0.25) is 0 Å². The van der Waals surface area contributed by atoms with Crippen LogP contribution in [0, 0.1) is 13.8 Å². The molecule has 1 aliphatic rings. The van der Waals surface area contributed by atoms with Crippen LogP contribution in [-0.4, -0.2) is 47.6 Å². The number of aromatic nitrogens is 2. The average molecular weight is 353 g/mol. The van der Waals surface area contributed by atoms with Crippen LogP contribution in [0.4, 0.5) is 5.82 Å². The number of rotatable bonds is 3. The zero-order chi connectivity index (χ0) is 17.4. The van der Waals surface area contributed by atoms with E-state index in [1.165, 1.54) is 27.6 Å². The van der Waals surface area contributed by atoms with E-state index in [2.05, 4.69) is 59.1 Å². The Kier molecular flexibility index (Phi) is 4.44. The number of likely N-dealkylation sites (N-methyl/N-ethyl adjacent to an activating group) is 1. The van der Waals surface area contributed by atoms with Crippen LogP contribution in [0.5, 0.6) is 0 Å². The predicted molar refractivity (Wildman–Crippen MR) is 107 cm³/mol. The molecule has 0 radical (unpaired) electrons. The summed E-state index contributed by atoms with van der Waals surface area (Å²) in [4.78, 5) is 15.2. The molecule has 5 heteroatoms. The summed E-state index contributed by atoms with van der Waals surface area (Å²) in [6, 6.07) is 6.54. The van der Waals surface area contributed by atoms with Gasteiger partial charge in [0.25, 0.3) is 0 Å². The van der Waals surface area contributed by atoms with E-state index in [1.807, 2.05) is 0 Å². The van der Waals surface area contributed by atoms with Crippen LogP contribution in [0.3, 0.4) is 0 Å². The number of benzene rings is 1. The zero-order valence-electron chi connectivity index (χ0n) is 15.1. The van der Waals surface area contributed by atoms with Gasteiger partial charge in [-0.25, -0.2) is 9.97 Å². The first-order valence-corrected chi connectivity index (χ1v) is 9.83. The standard InChI is InChI=1S/C20H24N4S/c1-4-23-8-10-24(11-9-23)19-18-17(12-25-20(18)22-13-21-19)16-7-5-6-14(2)15(16)3/h5-7,12-13H,4,8-11H2,1-3H3. The average Bonchev–Trinajstić information content (AvgIpc) is 3.08. The van der Waals surface area contributed by atoms with Crippen molar-refractivity contribution in [1.82, 2.24) is 14.9 Å². The molecular formula is C20H24N4S. The molecule has 1 fully saturated rings. The Bertz CT molecular complexity index is 894. The second-order valence-electron chi connectivity index (χ2n) is 6.70. The quantitative estimate of drug-likeness (QED) is 0.710. The molecule has 0 unspecified atom stereocenters. The van der Waals surface area contributed by atoms with Crippen LogP contribution in [-0.2, 0) is 0 Å². The molecule has 0 N–H and O–H groups in total. The molecular weight excluding hydrogens is 328 g/mol. The summed E-state index contributed by atoms with van der Waals surface area (Å²) in [5, 5.41) is 3.46. The third kappa shape index (κ3) is 2.92. The van der Waals surface area contributed by atoms with Gasteiger partial charge < -0.3 is 9.80 Å². The molecule has 3 aromatic rings. The lowest BCUT2D eigenvalue weighted by atomic mass is 9.97. The van der Waals surface area contributed by atoms with E-state index in [0.717, 1.165) is 43.4 Å². The fraction of sp³-hybridized carbons (Fsp3) is 0.400. The maximum absolute atomic E-state index is 4.69. The van der Waals surface area contributed by atoms with Gasteiger partial charge in [-0.2, -0.15) is 0 Å². The molecule has 0 amide bonds. The second-order valence-corrected chi connectivity index (χ2v) is 7.55. The van der Waals surface area contributed by atoms with Crippen molar-refractivity contribution in [1.29, 1.82) is 0 Å². The Morgan fingerprint density at radius 1 is 1.04 bits per heavy atom. The van der Waals surface area contributed by atoms with Gasteiger partial charge in [-0.15, -0.1) is 11.3 Å². The van der Waals surface area contributed by atoms with Crippen LogP contribution in [0.1, 0.15) is 18.1 Å². The molecule has 1 aliphatic heterocycles. The van der Waals surface area contributed by atoms with E-state index in [9.17, 15) is 0 Å². The highest BCUT2D eigenvalue weighted by molar-refractivity contribution is 7.17. The zero-order valence-corrected chi connectivity index (χ0v) is 15.9. The number of piperazine rings is 1. The molecule has 25 heavy (non-hydrogen) atoms. The van der Waals surface area contributed by atoms with Crippen molar-refractivity contribution in [2.24, 2.45) is 0 Å². The Morgan fingerprint density at radius 2 is 1.84 bits per heavy atom. The van der Waals surface area contributed by atoms with Crippen molar-refractivity contribution >= 4 is 27.4 Å². The van der Waals surface area contributed by atoms with Crippen LogP contribution in [0.25, 0.3) is 21.3 Å². The largest absolute Gasteiger partial charge is 0.353 e. The van der Waals surface area contributed by atoms with Crippen molar-refractivity contribution in [2.75, 3.05) is 37.6 Å². The summed E-state index contributed by atoms with van der Waals surface area (Å²) in [6.45, 7) is 12.0. The SMILES string of the molecule is CCN1CCN(c2ncnc3scc(-c4cccc(C)c4C)c23)CC1. The number of hydrogen-bond acceptors (Lipinski definition) is 5. The first-order chi connectivity index (χ1) is 12.2. The van der Waals surface area contributed by atoms with Crippen molar-refractivity contribution in [2.45, 2.75) is 20.8 Å². The van der Waals surface area contributed by atoms with Gasteiger partial charge in [0.05, 0.1) is 5.39 Å². The molecule has 0 bridgehead atoms. The third-order valence-electron chi connectivity index (χ3n) is 5.36. The Hall–Kier alpha value is -1.98. The number of aryl methyl sites for hydroxylation is 1. The number of anilines is 1. The van der Waals surface area contributed by atoms with Crippen LogP contribution < -0.4 is 4.90 Å².